The molecular weight excluding hydrogens is 464 g/mol. The normalized spacial score (nSPS) is 11.4. The van der Waals surface area contributed by atoms with Gasteiger partial charge < -0.3 is 10.2 Å². The van der Waals surface area contributed by atoms with Crippen LogP contribution < -0.4 is 0 Å². The van der Waals surface area contributed by atoms with Crippen LogP contribution in [0.15, 0.2) is 12.1 Å². The van der Waals surface area contributed by atoms with E-state index in [2.05, 4.69) is 13.8 Å². The standard InChI is InChI=1S/C36H66O2/c1-3-5-7-9-11-13-15-17-19-21-23-25-27-29-33-31-36(38)34(32-35(33)37)30-28-26-24-22-20-18-16-14-12-10-8-6-4-2/h31-32,37-38H,3-30H2,1-2H3. The van der Waals surface area contributed by atoms with Gasteiger partial charge in [-0.15, -0.1) is 0 Å². The van der Waals surface area contributed by atoms with Gasteiger partial charge in [-0.05, 0) is 48.9 Å². The molecule has 2 N–H and O–H groups in total. The number of unbranched alkanes of at least 4 members (excludes halogenated alkanes) is 24. The Morgan fingerprint density at radius 1 is 0.342 bits per heavy atom. The highest BCUT2D eigenvalue weighted by Gasteiger charge is 2.09. The Balaban J connectivity index is 2.01. The molecule has 1 aromatic rings. The molecule has 2 heteroatoms. The van der Waals surface area contributed by atoms with E-state index in [9.17, 15) is 10.2 Å². The fraction of sp³-hybridized carbons (Fsp3) is 0.833. The lowest BCUT2D eigenvalue weighted by Gasteiger charge is -2.10. The number of phenolic OH excluding ortho intramolecular Hbond substituents is 2. The van der Waals surface area contributed by atoms with Crippen molar-refractivity contribution >= 4 is 0 Å². The maximum Gasteiger partial charge on any atom is 0.119 e. The third kappa shape index (κ3) is 19.8. The van der Waals surface area contributed by atoms with Crippen LogP contribution >= 0.6 is 0 Å². The molecule has 0 aliphatic heterocycles. The molecule has 0 heterocycles. The van der Waals surface area contributed by atoms with E-state index in [0.29, 0.717) is 11.5 Å². The average Bonchev–Trinajstić information content (AvgIpc) is 2.91. The third-order valence-electron chi connectivity index (χ3n) is 8.38. The first-order valence-corrected chi connectivity index (χ1v) is 17.2. The van der Waals surface area contributed by atoms with Gasteiger partial charge in [0.25, 0.3) is 0 Å². The molecule has 0 atom stereocenters. The minimum atomic E-state index is 0.381. The number of phenols is 2. The zero-order valence-corrected chi connectivity index (χ0v) is 25.8. The summed E-state index contributed by atoms with van der Waals surface area (Å²) >= 11 is 0. The Morgan fingerprint density at radius 2 is 0.553 bits per heavy atom. The molecule has 0 unspecified atom stereocenters. The van der Waals surface area contributed by atoms with Crippen molar-refractivity contribution in [3.8, 4) is 11.5 Å². The predicted octanol–water partition coefficient (Wildman–Crippen LogP) is 12.4. The van der Waals surface area contributed by atoms with Crippen LogP contribution in [0.5, 0.6) is 11.5 Å². The molecule has 38 heavy (non-hydrogen) atoms. The second-order valence-corrected chi connectivity index (χ2v) is 12.1. The summed E-state index contributed by atoms with van der Waals surface area (Å²) in [5, 5.41) is 21.0. The number of hydrogen-bond donors (Lipinski definition) is 2. The highest BCUT2D eigenvalue weighted by atomic mass is 16.3. The van der Waals surface area contributed by atoms with Gasteiger partial charge in [0.15, 0.2) is 0 Å². The molecule has 0 saturated heterocycles. The van der Waals surface area contributed by atoms with Gasteiger partial charge in [-0.2, -0.15) is 0 Å². The largest absolute Gasteiger partial charge is 0.508 e. The second-order valence-electron chi connectivity index (χ2n) is 12.1. The van der Waals surface area contributed by atoms with Gasteiger partial charge in [-0.25, -0.2) is 0 Å². The first-order chi connectivity index (χ1) is 18.7. The molecule has 0 spiro atoms. The van der Waals surface area contributed by atoms with E-state index >= 15 is 0 Å². The Bertz CT molecular complexity index is 583. The third-order valence-corrected chi connectivity index (χ3v) is 8.38. The van der Waals surface area contributed by atoms with E-state index in [1.807, 2.05) is 12.1 Å². The molecule has 2 nitrogen and oxygen atoms in total. The first-order valence-electron chi connectivity index (χ1n) is 17.2. The molecule has 1 rings (SSSR count). The second kappa shape index (κ2) is 26.1. The van der Waals surface area contributed by atoms with Crippen molar-refractivity contribution < 1.29 is 10.2 Å². The Labute approximate surface area is 238 Å². The van der Waals surface area contributed by atoms with E-state index < -0.39 is 0 Å². The van der Waals surface area contributed by atoms with E-state index in [-0.39, 0.29) is 0 Å². The molecule has 0 aliphatic rings. The molecule has 222 valence electrons. The van der Waals surface area contributed by atoms with E-state index in [4.69, 9.17) is 0 Å². The SMILES string of the molecule is CCCCCCCCCCCCCCCc1cc(O)c(CCCCCCCCCCCCCCC)cc1O. The van der Waals surface area contributed by atoms with Crippen LogP contribution in [-0.2, 0) is 12.8 Å². The highest BCUT2D eigenvalue weighted by molar-refractivity contribution is 5.45. The van der Waals surface area contributed by atoms with E-state index in [1.54, 1.807) is 0 Å². The minimum absolute atomic E-state index is 0.381. The fourth-order valence-corrected chi connectivity index (χ4v) is 5.73. The summed E-state index contributed by atoms with van der Waals surface area (Å²) in [4.78, 5) is 0. The summed E-state index contributed by atoms with van der Waals surface area (Å²) in [5.41, 5.74) is 1.83. The Morgan fingerprint density at radius 3 is 0.789 bits per heavy atom. The van der Waals surface area contributed by atoms with E-state index in [0.717, 1.165) is 36.8 Å². The minimum Gasteiger partial charge on any atom is -0.508 e. The molecule has 0 saturated carbocycles. The molecular formula is C36H66O2. The molecule has 0 fully saturated rings. The smallest absolute Gasteiger partial charge is 0.119 e. The predicted molar refractivity (Wildman–Crippen MR) is 169 cm³/mol. The fourth-order valence-electron chi connectivity index (χ4n) is 5.73. The van der Waals surface area contributed by atoms with Gasteiger partial charge in [0.2, 0.25) is 0 Å². The summed E-state index contributed by atoms with van der Waals surface area (Å²) in [5.74, 6) is 0.762. The van der Waals surface area contributed by atoms with Gasteiger partial charge in [-0.3, -0.25) is 0 Å². The number of aryl methyl sites for hydroxylation is 2. The van der Waals surface area contributed by atoms with Crippen molar-refractivity contribution in [2.75, 3.05) is 0 Å². The zero-order valence-electron chi connectivity index (χ0n) is 25.8. The summed E-state index contributed by atoms with van der Waals surface area (Å²) < 4.78 is 0. The lowest BCUT2D eigenvalue weighted by molar-refractivity contribution is 0.445. The quantitative estimate of drug-likeness (QED) is 0.0835. The van der Waals surface area contributed by atoms with Crippen LogP contribution in [-0.4, -0.2) is 10.2 Å². The van der Waals surface area contributed by atoms with Crippen LogP contribution in [0.4, 0.5) is 0 Å². The molecule has 0 aliphatic carbocycles. The maximum absolute atomic E-state index is 10.5. The van der Waals surface area contributed by atoms with Gasteiger partial charge in [0.1, 0.15) is 11.5 Å². The summed E-state index contributed by atoms with van der Waals surface area (Å²) in [6.45, 7) is 4.56. The van der Waals surface area contributed by atoms with Crippen LogP contribution in [0.2, 0.25) is 0 Å². The van der Waals surface area contributed by atoms with E-state index in [1.165, 1.54) is 154 Å². The van der Waals surface area contributed by atoms with Crippen molar-refractivity contribution in [2.24, 2.45) is 0 Å². The zero-order chi connectivity index (χ0) is 27.5. The van der Waals surface area contributed by atoms with Crippen LogP contribution in [0.3, 0.4) is 0 Å². The maximum atomic E-state index is 10.5. The number of rotatable bonds is 28. The van der Waals surface area contributed by atoms with Crippen molar-refractivity contribution in [3.05, 3.63) is 23.3 Å². The highest BCUT2D eigenvalue weighted by Crippen LogP contribution is 2.30. The molecule has 0 aromatic heterocycles. The summed E-state index contributed by atoms with van der Waals surface area (Å²) in [6.07, 6.45) is 36.9. The lowest BCUT2D eigenvalue weighted by atomic mass is 9.98. The Hall–Kier alpha value is -1.18. The Kier molecular flexibility index (Phi) is 23.9. The molecule has 0 amide bonds. The molecule has 1 aromatic carbocycles. The lowest BCUT2D eigenvalue weighted by Crippen LogP contribution is -1.92. The number of aromatic hydroxyl groups is 2. The van der Waals surface area contributed by atoms with Crippen molar-refractivity contribution in [1.29, 1.82) is 0 Å². The number of benzene rings is 1. The van der Waals surface area contributed by atoms with Crippen LogP contribution in [0, 0.1) is 0 Å². The molecule has 0 bridgehead atoms. The summed E-state index contributed by atoms with van der Waals surface area (Å²) in [7, 11) is 0. The van der Waals surface area contributed by atoms with Gasteiger partial charge in [-0.1, -0.05) is 168 Å². The van der Waals surface area contributed by atoms with Crippen LogP contribution in [0.1, 0.15) is 192 Å². The topological polar surface area (TPSA) is 40.5 Å². The van der Waals surface area contributed by atoms with Gasteiger partial charge >= 0.3 is 0 Å². The van der Waals surface area contributed by atoms with Crippen molar-refractivity contribution in [1.82, 2.24) is 0 Å². The van der Waals surface area contributed by atoms with Gasteiger partial charge in [0.05, 0.1) is 0 Å². The van der Waals surface area contributed by atoms with Crippen molar-refractivity contribution in [3.63, 3.8) is 0 Å². The number of hydrogen-bond acceptors (Lipinski definition) is 2. The molecule has 0 radical (unpaired) electrons. The first kappa shape index (κ1) is 34.8. The van der Waals surface area contributed by atoms with Crippen molar-refractivity contribution in [2.45, 2.75) is 194 Å². The average molecular weight is 531 g/mol. The summed E-state index contributed by atoms with van der Waals surface area (Å²) in [6, 6.07) is 3.65. The van der Waals surface area contributed by atoms with Gasteiger partial charge in [0, 0.05) is 0 Å². The van der Waals surface area contributed by atoms with Crippen LogP contribution in [0.25, 0.3) is 0 Å². The monoisotopic (exact) mass is 531 g/mol.